The fourth-order valence-electron chi connectivity index (χ4n) is 1.68. The lowest BCUT2D eigenvalue weighted by Gasteiger charge is -2.15. The molecule has 0 fully saturated rings. The molecule has 3 nitrogen and oxygen atoms in total. The normalized spacial score (nSPS) is 11.9. The van der Waals surface area contributed by atoms with Crippen LogP contribution >= 0.6 is 15.9 Å². The summed E-state index contributed by atoms with van der Waals surface area (Å²) in [7, 11) is 0. The molecule has 0 spiro atoms. The molecular weight excluding hydrogens is 292 g/mol. The van der Waals surface area contributed by atoms with Gasteiger partial charge in [-0.25, -0.2) is 0 Å². The first-order chi connectivity index (χ1) is 8.68. The molecule has 2 rings (SSSR count). The summed E-state index contributed by atoms with van der Waals surface area (Å²) in [6, 6.07) is 11.3. The van der Waals surface area contributed by atoms with Crippen LogP contribution in [-0.4, -0.2) is 10.9 Å². The number of hydrogen-bond acceptors (Lipinski definition) is 2. The second-order valence-corrected chi connectivity index (χ2v) is 4.81. The number of carbonyl (C=O) groups excluding carboxylic acids is 1. The number of halogens is 1. The van der Waals surface area contributed by atoms with Gasteiger partial charge < -0.3 is 5.32 Å². The molecule has 1 N–H and O–H groups in total. The van der Waals surface area contributed by atoms with Crippen LogP contribution in [0.4, 0.5) is 0 Å². The van der Waals surface area contributed by atoms with Gasteiger partial charge in [-0.2, -0.15) is 0 Å². The van der Waals surface area contributed by atoms with Crippen LogP contribution in [0.3, 0.4) is 0 Å². The maximum atomic E-state index is 12.0. The first-order valence-electron chi connectivity index (χ1n) is 5.64. The van der Waals surface area contributed by atoms with Gasteiger partial charge in [-0.3, -0.25) is 9.78 Å². The Morgan fingerprint density at radius 2 is 2.06 bits per heavy atom. The van der Waals surface area contributed by atoms with Crippen LogP contribution in [0.25, 0.3) is 0 Å². The van der Waals surface area contributed by atoms with E-state index in [4.69, 9.17) is 0 Å². The highest BCUT2D eigenvalue weighted by atomic mass is 79.9. The summed E-state index contributed by atoms with van der Waals surface area (Å²) in [5, 5.41) is 2.94. The van der Waals surface area contributed by atoms with Gasteiger partial charge >= 0.3 is 0 Å². The molecule has 4 heteroatoms. The lowest BCUT2D eigenvalue weighted by Crippen LogP contribution is -2.26. The maximum absolute atomic E-state index is 12.0. The van der Waals surface area contributed by atoms with E-state index in [1.807, 2.05) is 31.2 Å². The summed E-state index contributed by atoms with van der Waals surface area (Å²) in [5.41, 5.74) is 1.62. The van der Waals surface area contributed by atoms with Crippen LogP contribution in [0.2, 0.25) is 0 Å². The van der Waals surface area contributed by atoms with Crippen molar-refractivity contribution in [1.29, 1.82) is 0 Å². The van der Waals surface area contributed by atoms with Crippen molar-refractivity contribution < 1.29 is 4.79 Å². The fraction of sp³-hybridized carbons (Fsp3) is 0.143. The van der Waals surface area contributed by atoms with Crippen molar-refractivity contribution in [2.24, 2.45) is 0 Å². The minimum Gasteiger partial charge on any atom is -0.345 e. The number of rotatable bonds is 3. The highest BCUT2D eigenvalue weighted by molar-refractivity contribution is 9.10. The highest BCUT2D eigenvalue weighted by Crippen LogP contribution is 2.22. The Morgan fingerprint density at radius 3 is 2.72 bits per heavy atom. The molecule has 0 saturated heterocycles. The Kier molecular flexibility index (Phi) is 4.10. The Balaban J connectivity index is 2.11. The lowest BCUT2D eigenvalue weighted by molar-refractivity contribution is 0.0939. The molecule has 1 aromatic heterocycles. The number of pyridine rings is 1. The Morgan fingerprint density at radius 1 is 1.28 bits per heavy atom. The Bertz CT molecular complexity index is 543. The van der Waals surface area contributed by atoms with E-state index in [1.165, 1.54) is 0 Å². The molecule has 0 bridgehead atoms. The molecular formula is C14H13BrN2O. The van der Waals surface area contributed by atoms with Gasteiger partial charge in [0.25, 0.3) is 5.91 Å². The summed E-state index contributed by atoms with van der Waals surface area (Å²) >= 11 is 3.48. The SMILES string of the molecule is C[C@H](NC(=O)c1cccnc1)c1ccccc1Br. The van der Waals surface area contributed by atoms with Gasteiger partial charge in [0.2, 0.25) is 0 Å². The zero-order chi connectivity index (χ0) is 13.0. The molecule has 0 saturated carbocycles. The number of hydrogen-bond donors (Lipinski definition) is 1. The van der Waals surface area contributed by atoms with Gasteiger partial charge in [0, 0.05) is 16.9 Å². The third kappa shape index (κ3) is 2.96. The van der Waals surface area contributed by atoms with Gasteiger partial charge in [0.15, 0.2) is 0 Å². The molecule has 1 atom stereocenters. The summed E-state index contributed by atoms with van der Waals surface area (Å²) in [4.78, 5) is 15.9. The van der Waals surface area contributed by atoms with Crippen molar-refractivity contribution in [2.75, 3.05) is 0 Å². The van der Waals surface area contributed by atoms with E-state index >= 15 is 0 Å². The van der Waals surface area contributed by atoms with Gasteiger partial charge in [-0.1, -0.05) is 34.1 Å². The van der Waals surface area contributed by atoms with Crippen molar-refractivity contribution in [3.05, 3.63) is 64.4 Å². The van der Waals surface area contributed by atoms with Gasteiger partial charge in [0.1, 0.15) is 0 Å². The van der Waals surface area contributed by atoms with Crippen LogP contribution in [0.15, 0.2) is 53.3 Å². The predicted octanol–water partition coefficient (Wildman–Crippen LogP) is 3.34. The van der Waals surface area contributed by atoms with Crippen molar-refractivity contribution in [1.82, 2.24) is 10.3 Å². The molecule has 92 valence electrons. The molecule has 1 heterocycles. The van der Waals surface area contributed by atoms with Gasteiger partial charge in [0.05, 0.1) is 11.6 Å². The second kappa shape index (κ2) is 5.78. The summed E-state index contributed by atoms with van der Waals surface area (Å²) in [6.45, 7) is 1.95. The molecule has 0 aliphatic carbocycles. The molecule has 0 radical (unpaired) electrons. The average Bonchev–Trinajstić information content (AvgIpc) is 2.40. The summed E-state index contributed by atoms with van der Waals surface area (Å²) < 4.78 is 0.990. The molecule has 1 aromatic carbocycles. The minimum atomic E-state index is -0.119. The van der Waals surface area contributed by atoms with Gasteiger partial charge in [-0.05, 0) is 30.7 Å². The summed E-state index contributed by atoms with van der Waals surface area (Å²) in [6.07, 6.45) is 3.20. The monoisotopic (exact) mass is 304 g/mol. The van der Waals surface area contributed by atoms with E-state index in [9.17, 15) is 4.79 Å². The highest BCUT2D eigenvalue weighted by Gasteiger charge is 2.13. The molecule has 2 aromatic rings. The predicted molar refractivity (Wildman–Crippen MR) is 74.3 cm³/mol. The van der Waals surface area contributed by atoms with Crippen LogP contribution < -0.4 is 5.32 Å². The van der Waals surface area contributed by atoms with Gasteiger partial charge in [-0.15, -0.1) is 0 Å². The zero-order valence-electron chi connectivity index (χ0n) is 9.93. The van der Waals surface area contributed by atoms with E-state index < -0.39 is 0 Å². The number of aromatic nitrogens is 1. The summed E-state index contributed by atoms with van der Waals surface area (Å²) in [5.74, 6) is -0.119. The third-order valence-corrected chi connectivity index (χ3v) is 3.37. The third-order valence-electron chi connectivity index (χ3n) is 2.64. The van der Waals surface area contributed by atoms with E-state index in [0.717, 1.165) is 10.0 Å². The van der Waals surface area contributed by atoms with E-state index in [1.54, 1.807) is 24.5 Å². The standard InChI is InChI=1S/C14H13BrN2O/c1-10(12-6-2-3-7-13(12)15)17-14(18)11-5-4-8-16-9-11/h2-10H,1H3,(H,17,18)/t10-/m0/s1. The molecule has 0 aliphatic heterocycles. The van der Waals surface area contributed by atoms with Crippen molar-refractivity contribution in [2.45, 2.75) is 13.0 Å². The number of nitrogens with zero attached hydrogens (tertiary/aromatic N) is 1. The Labute approximate surface area is 114 Å². The molecule has 0 aliphatic rings. The van der Waals surface area contributed by atoms with E-state index in [0.29, 0.717) is 5.56 Å². The zero-order valence-corrected chi connectivity index (χ0v) is 11.5. The largest absolute Gasteiger partial charge is 0.345 e. The fourth-order valence-corrected chi connectivity index (χ4v) is 2.31. The first kappa shape index (κ1) is 12.8. The second-order valence-electron chi connectivity index (χ2n) is 3.96. The number of amides is 1. The molecule has 0 unspecified atom stereocenters. The number of carbonyl (C=O) groups is 1. The minimum absolute atomic E-state index is 0.0618. The van der Waals surface area contributed by atoms with E-state index in [-0.39, 0.29) is 11.9 Å². The topological polar surface area (TPSA) is 42.0 Å². The van der Waals surface area contributed by atoms with Crippen LogP contribution in [-0.2, 0) is 0 Å². The first-order valence-corrected chi connectivity index (χ1v) is 6.43. The Hall–Kier alpha value is -1.68. The van der Waals surface area contributed by atoms with Crippen molar-refractivity contribution in [3.63, 3.8) is 0 Å². The smallest absolute Gasteiger partial charge is 0.253 e. The van der Waals surface area contributed by atoms with Crippen LogP contribution in [0.1, 0.15) is 28.9 Å². The number of nitrogens with one attached hydrogen (secondary N) is 1. The van der Waals surface area contributed by atoms with Crippen LogP contribution in [0, 0.1) is 0 Å². The quantitative estimate of drug-likeness (QED) is 0.945. The number of benzene rings is 1. The van der Waals surface area contributed by atoms with E-state index in [2.05, 4.69) is 26.2 Å². The average molecular weight is 305 g/mol. The lowest BCUT2D eigenvalue weighted by atomic mass is 10.1. The van der Waals surface area contributed by atoms with Crippen molar-refractivity contribution in [3.8, 4) is 0 Å². The maximum Gasteiger partial charge on any atom is 0.253 e. The van der Waals surface area contributed by atoms with Crippen molar-refractivity contribution >= 4 is 21.8 Å². The van der Waals surface area contributed by atoms with Crippen LogP contribution in [0.5, 0.6) is 0 Å². The molecule has 1 amide bonds. The molecule has 18 heavy (non-hydrogen) atoms.